The molecule has 0 heterocycles. The second kappa shape index (κ2) is 6.06. The van der Waals surface area contributed by atoms with Crippen LogP contribution in [0.15, 0.2) is 28.2 Å². The molecule has 0 saturated carbocycles. The van der Waals surface area contributed by atoms with Crippen LogP contribution in [0.2, 0.25) is 0 Å². The molecule has 0 aliphatic rings. The molecule has 1 rings (SSSR count). The minimum Gasteiger partial charge on any atom is -0.507 e. The largest absolute Gasteiger partial charge is 0.507 e. The lowest BCUT2D eigenvalue weighted by Crippen LogP contribution is -2.05. The van der Waals surface area contributed by atoms with Crippen LogP contribution in [0.3, 0.4) is 0 Å². The number of hydrogen-bond donors (Lipinski definition) is 1. The predicted molar refractivity (Wildman–Crippen MR) is 66.0 cm³/mol. The second-order valence-electron chi connectivity index (χ2n) is 3.09. The van der Waals surface area contributed by atoms with Crippen molar-refractivity contribution in [3.63, 3.8) is 0 Å². The normalized spacial score (nSPS) is 10.8. The molecule has 88 valence electrons. The first-order valence-corrected chi connectivity index (χ1v) is 5.65. The number of halogens is 1. The average Bonchev–Trinajstić information content (AvgIpc) is 2.30. The summed E-state index contributed by atoms with van der Waals surface area (Å²) in [5.41, 5.74) is 0.226. The summed E-state index contributed by atoms with van der Waals surface area (Å²) in [6.07, 6.45) is 1.29. The molecule has 0 aromatic heterocycles. The number of carbonyl (C=O) groups excluding carboxylic acids is 1. The van der Waals surface area contributed by atoms with Crippen molar-refractivity contribution in [2.75, 3.05) is 6.61 Å². The summed E-state index contributed by atoms with van der Waals surface area (Å²) in [4.78, 5) is 11.4. The molecule has 1 aromatic carbocycles. The molecule has 0 fully saturated rings. The number of phenolic OH excluding ortho intramolecular Hbond substituents is 1. The highest BCUT2D eigenvalue weighted by molar-refractivity contribution is 9.10. The smallest absolute Gasteiger partial charge is 0.348 e. The van der Waals surface area contributed by atoms with E-state index in [-0.39, 0.29) is 17.9 Å². The van der Waals surface area contributed by atoms with Crippen LogP contribution in [0.4, 0.5) is 0 Å². The summed E-state index contributed by atoms with van der Waals surface area (Å²) < 4.78 is 5.45. The Labute approximate surface area is 107 Å². The Bertz CT molecular complexity index is 503. The van der Waals surface area contributed by atoms with Gasteiger partial charge in [0.25, 0.3) is 0 Å². The van der Waals surface area contributed by atoms with E-state index in [9.17, 15) is 9.90 Å². The number of phenols is 1. The van der Waals surface area contributed by atoms with Gasteiger partial charge in [-0.05, 0) is 31.2 Å². The van der Waals surface area contributed by atoms with E-state index in [0.717, 1.165) is 4.47 Å². The summed E-state index contributed by atoms with van der Waals surface area (Å²) in [5.74, 6) is -0.709. The van der Waals surface area contributed by atoms with Gasteiger partial charge in [-0.1, -0.05) is 15.9 Å². The predicted octanol–water partition coefficient (Wildman–Crippen LogP) is 2.62. The highest BCUT2D eigenvalue weighted by Crippen LogP contribution is 2.24. The number of ether oxygens (including phenoxy) is 1. The molecule has 5 heteroatoms. The van der Waals surface area contributed by atoms with Crippen LogP contribution in [0.25, 0.3) is 6.08 Å². The van der Waals surface area contributed by atoms with E-state index in [4.69, 9.17) is 10.00 Å². The van der Waals surface area contributed by atoms with Gasteiger partial charge in [0.15, 0.2) is 0 Å². The van der Waals surface area contributed by atoms with E-state index in [2.05, 4.69) is 15.9 Å². The summed E-state index contributed by atoms with van der Waals surface area (Å²) in [6.45, 7) is 1.85. The van der Waals surface area contributed by atoms with E-state index in [1.54, 1.807) is 25.1 Å². The van der Waals surface area contributed by atoms with Crippen molar-refractivity contribution in [1.29, 1.82) is 5.26 Å². The van der Waals surface area contributed by atoms with Gasteiger partial charge >= 0.3 is 5.97 Å². The van der Waals surface area contributed by atoms with Crippen LogP contribution in [-0.4, -0.2) is 17.7 Å². The fourth-order valence-electron chi connectivity index (χ4n) is 1.14. The monoisotopic (exact) mass is 295 g/mol. The molecule has 0 atom stereocenters. The highest BCUT2D eigenvalue weighted by atomic mass is 79.9. The quantitative estimate of drug-likeness (QED) is 0.529. The van der Waals surface area contributed by atoms with Gasteiger partial charge in [-0.2, -0.15) is 5.26 Å². The SMILES string of the molecule is CCOC(=O)/C(C#N)=C\c1cc(Br)ccc1O. The third-order valence-corrected chi connectivity index (χ3v) is 2.40. The Morgan fingerprint density at radius 1 is 1.65 bits per heavy atom. The maximum Gasteiger partial charge on any atom is 0.348 e. The van der Waals surface area contributed by atoms with Crippen LogP contribution >= 0.6 is 15.9 Å². The van der Waals surface area contributed by atoms with Gasteiger partial charge in [0.1, 0.15) is 17.4 Å². The molecule has 0 saturated heterocycles. The molecule has 4 nitrogen and oxygen atoms in total. The number of esters is 1. The van der Waals surface area contributed by atoms with Crippen LogP contribution < -0.4 is 0 Å². The van der Waals surface area contributed by atoms with Gasteiger partial charge < -0.3 is 9.84 Å². The third kappa shape index (κ3) is 3.61. The number of carbonyl (C=O) groups is 1. The first kappa shape index (κ1) is 13.3. The van der Waals surface area contributed by atoms with E-state index in [1.807, 2.05) is 0 Å². The van der Waals surface area contributed by atoms with E-state index < -0.39 is 5.97 Å². The minimum atomic E-state index is -0.700. The Morgan fingerprint density at radius 2 is 2.35 bits per heavy atom. The number of aromatic hydroxyl groups is 1. The summed E-state index contributed by atoms with van der Waals surface area (Å²) >= 11 is 3.24. The maximum atomic E-state index is 11.4. The fraction of sp³-hybridized carbons (Fsp3) is 0.167. The molecule has 0 amide bonds. The maximum absolute atomic E-state index is 11.4. The summed E-state index contributed by atoms with van der Waals surface area (Å²) in [7, 11) is 0. The average molecular weight is 296 g/mol. The lowest BCUT2D eigenvalue weighted by molar-refractivity contribution is -0.137. The lowest BCUT2D eigenvalue weighted by Gasteiger charge is -2.02. The first-order chi connectivity index (χ1) is 8.08. The van der Waals surface area contributed by atoms with Crippen LogP contribution in [-0.2, 0) is 9.53 Å². The second-order valence-corrected chi connectivity index (χ2v) is 4.01. The van der Waals surface area contributed by atoms with Crippen molar-refractivity contribution in [2.24, 2.45) is 0 Å². The molecule has 1 aromatic rings. The van der Waals surface area contributed by atoms with Crippen molar-refractivity contribution in [3.8, 4) is 11.8 Å². The topological polar surface area (TPSA) is 70.3 Å². The van der Waals surface area contributed by atoms with Crippen molar-refractivity contribution in [2.45, 2.75) is 6.92 Å². The van der Waals surface area contributed by atoms with Gasteiger partial charge in [-0.25, -0.2) is 4.79 Å². The van der Waals surface area contributed by atoms with Crippen molar-refractivity contribution < 1.29 is 14.6 Å². The van der Waals surface area contributed by atoms with Crippen molar-refractivity contribution in [1.82, 2.24) is 0 Å². The number of benzene rings is 1. The van der Waals surface area contributed by atoms with Crippen LogP contribution in [0.1, 0.15) is 12.5 Å². The van der Waals surface area contributed by atoms with E-state index >= 15 is 0 Å². The molecule has 17 heavy (non-hydrogen) atoms. The summed E-state index contributed by atoms with van der Waals surface area (Å²) in [5, 5.41) is 18.4. The highest BCUT2D eigenvalue weighted by Gasteiger charge is 2.11. The zero-order valence-corrected chi connectivity index (χ0v) is 10.7. The number of nitrogens with zero attached hydrogens (tertiary/aromatic N) is 1. The third-order valence-electron chi connectivity index (χ3n) is 1.91. The van der Waals surface area contributed by atoms with Gasteiger partial charge in [0.05, 0.1) is 6.61 Å². The molecule has 0 aliphatic heterocycles. The minimum absolute atomic E-state index is 0.00903. The number of nitriles is 1. The molecule has 0 radical (unpaired) electrons. The van der Waals surface area contributed by atoms with Gasteiger partial charge in [0.2, 0.25) is 0 Å². The molecular weight excluding hydrogens is 286 g/mol. The van der Waals surface area contributed by atoms with Crippen LogP contribution in [0.5, 0.6) is 5.75 Å². The Balaban J connectivity index is 3.11. The molecular formula is C12H10BrNO3. The fourth-order valence-corrected chi connectivity index (χ4v) is 1.52. The van der Waals surface area contributed by atoms with Gasteiger partial charge in [-0.15, -0.1) is 0 Å². The van der Waals surface area contributed by atoms with E-state index in [1.165, 1.54) is 12.1 Å². The molecule has 0 spiro atoms. The zero-order chi connectivity index (χ0) is 12.8. The van der Waals surface area contributed by atoms with Crippen LogP contribution in [0, 0.1) is 11.3 Å². The van der Waals surface area contributed by atoms with E-state index in [0.29, 0.717) is 5.56 Å². The van der Waals surface area contributed by atoms with Crippen molar-refractivity contribution >= 4 is 28.0 Å². The number of hydrogen-bond acceptors (Lipinski definition) is 4. The van der Waals surface area contributed by atoms with Crippen molar-refractivity contribution in [3.05, 3.63) is 33.8 Å². The number of rotatable bonds is 3. The zero-order valence-electron chi connectivity index (χ0n) is 9.11. The first-order valence-electron chi connectivity index (χ1n) is 4.86. The molecule has 0 unspecified atom stereocenters. The lowest BCUT2D eigenvalue weighted by atomic mass is 10.1. The molecule has 0 bridgehead atoms. The Hall–Kier alpha value is -1.80. The standard InChI is InChI=1S/C12H10BrNO3/c1-2-17-12(16)9(7-14)5-8-6-10(13)3-4-11(8)15/h3-6,15H,2H2,1H3/b9-5-. The van der Waals surface area contributed by atoms with Gasteiger partial charge in [0, 0.05) is 10.0 Å². The molecule has 0 aliphatic carbocycles. The Kier molecular flexibility index (Phi) is 4.73. The summed E-state index contributed by atoms with van der Waals surface area (Å²) in [6, 6.07) is 6.47. The molecule has 1 N–H and O–H groups in total. The van der Waals surface area contributed by atoms with Gasteiger partial charge in [-0.3, -0.25) is 0 Å². The Morgan fingerprint density at radius 3 is 2.94 bits per heavy atom.